The zero-order valence-corrected chi connectivity index (χ0v) is 16.1. The fraction of sp³-hybridized carbons (Fsp3) is 0.591. The van der Waals surface area contributed by atoms with Crippen molar-refractivity contribution in [3.8, 4) is 6.19 Å². The highest BCUT2D eigenvalue weighted by Gasteiger charge is 2.58. The van der Waals surface area contributed by atoms with Crippen LogP contribution in [-0.4, -0.2) is 17.8 Å². The lowest BCUT2D eigenvalue weighted by Crippen LogP contribution is -2.57. The fourth-order valence-corrected chi connectivity index (χ4v) is 6.05. The summed E-state index contributed by atoms with van der Waals surface area (Å²) in [6.07, 6.45) is 7.02. The molecule has 1 aromatic carbocycles. The summed E-state index contributed by atoms with van der Waals surface area (Å²) in [6, 6.07) is 10.4. The van der Waals surface area contributed by atoms with Gasteiger partial charge in [0, 0.05) is 10.8 Å². The number of carbonyl (C=O) groups is 1. The van der Waals surface area contributed by atoms with E-state index in [1.54, 1.807) is 0 Å². The predicted octanol–water partition coefficient (Wildman–Crippen LogP) is 3.11. The minimum Gasteiger partial charge on any atom is -0.369 e. The maximum absolute atomic E-state index is 12.2. The first-order valence-corrected chi connectivity index (χ1v) is 9.94. The van der Waals surface area contributed by atoms with Gasteiger partial charge in [0.2, 0.25) is 5.91 Å². The number of rotatable bonds is 4. The van der Waals surface area contributed by atoms with Gasteiger partial charge in [-0.05, 0) is 69.3 Å². The molecule has 5 heteroatoms. The van der Waals surface area contributed by atoms with Crippen LogP contribution in [0.25, 0.3) is 0 Å². The molecule has 5 nitrogen and oxygen atoms in total. The van der Waals surface area contributed by atoms with Crippen molar-refractivity contribution in [2.75, 3.05) is 0 Å². The molecule has 0 saturated heterocycles. The van der Waals surface area contributed by atoms with Crippen molar-refractivity contribution in [3.05, 3.63) is 35.9 Å². The molecule has 0 aliphatic heterocycles. The molecule has 3 N–H and O–H groups in total. The molecule has 0 aromatic heterocycles. The number of hydrogen-bond donors (Lipinski definition) is 2. The summed E-state index contributed by atoms with van der Waals surface area (Å²) in [6.45, 7) is 4.21. The van der Waals surface area contributed by atoms with Crippen molar-refractivity contribution in [1.29, 1.82) is 5.26 Å². The third-order valence-electron chi connectivity index (χ3n) is 7.29. The van der Waals surface area contributed by atoms with Crippen molar-refractivity contribution in [2.24, 2.45) is 33.9 Å². The second kappa shape index (κ2) is 6.37. The van der Waals surface area contributed by atoms with Crippen molar-refractivity contribution >= 4 is 11.7 Å². The molecule has 1 amide bonds. The van der Waals surface area contributed by atoms with Crippen LogP contribution in [0.4, 0.5) is 0 Å². The van der Waals surface area contributed by atoms with E-state index in [1.165, 1.54) is 0 Å². The van der Waals surface area contributed by atoms with Crippen LogP contribution in [0.1, 0.15) is 51.5 Å². The van der Waals surface area contributed by atoms with Gasteiger partial charge in [-0.3, -0.25) is 15.1 Å². The highest BCUT2D eigenvalue weighted by Crippen LogP contribution is 2.60. The zero-order chi connectivity index (χ0) is 19.2. The number of hydrogen-bond acceptors (Lipinski definition) is 3. The number of benzene rings is 1. The van der Waals surface area contributed by atoms with Crippen LogP contribution in [-0.2, 0) is 10.2 Å². The molecule has 2 atom stereocenters. The molecule has 4 bridgehead atoms. The summed E-state index contributed by atoms with van der Waals surface area (Å²) < 4.78 is 0. The highest BCUT2D eigenvalue weighted by atomic mass is 16.1. The number of amidine groups is 1. The normalized spacial score (nSPS) is 34.9. The van der Waals surface area contributed by atoms with Gasteiger partial charge in [0.25, 0.3) is 0 Å². The van der Waals surface area contributed by atoms with E-state index >= 15 is 0 Å². The quantitative estimate of drug-likeness (QED) is 0.372. The van der Waals surface area contributed by atoms with Gasteiger partial charge in [-0.1, -0.05) is 30.3 Å². The SMILES string of the molecule is CC(C)(C(=NC1C2CC3CC1CC(C(N)=O)(C3)C2)NC#N)c1ccccc1. The number of nitrogens with one attached hydrogen (secondary N) is 1. The monoisotopic (exact) mass is 364 g/mol. The summed E-state index contributed by atoms with van der Waals surface area (Å²) in [5, 5.41) is 12.2. The Bertz CT molecular complexity index is 791. The first-order valence-electron chi connectivity index (χ1n) is 9.94. The third kappa shape index (κ3) is 2.92. The second-order valence-corrected chi connectivity index (χ2v) is 9.31. The summed E-state index contributed by atoms with van der Waals surface area (Å²) >= 11 is 0. The first kappa shape index (κ1) is 18.0. The summed E-state index contributed by atoms with van der Waals surface area (Å²) in [4.78, 5) is 17.3. The highest BCUT2D eigenvalue weighted by molar-refractivity contribution is 5.93. The van der Waals surface area contributed by atoms with Crippen LogP contribution in [0.3, 0.4) is 0 Å². The summed E-state index contributed by atoms with van der Waals surface area (Å²) in [5.74, 6) is 2.00. The topological polar surface area (TPSA) is 91.3 Å². The van der Waals surface area contributed by atoms with Gasteiger partial charge in [0.15, 0.2) is 6.19 Å². The van der Waals surface area contributed by atoms with Gasteiger partial charge in [-0.2, -0.15) is 5.26 Å². The molecule has 142 valence electrons. The van der Waals surface area contributed by atoms with Gasteiger partial charge in [-0.15, -0.1) is 0 Å². The summed E-state index contributed by atoms with van der Waals surface area (Å²) in [5.41, 5.74) is 6.24. The minimum absolute atomic E-state index is 0.121. The molecule has 4 aliphatic rings. The van der Waals surface area contributed by atoms with Crippen molar-refractivity contribution < 1.29 is 4.79 Å². The smallest absolute Gasteiger partial charge is 0.223 e. The number of nitrogens with zero attached hydrogens (tertiary/aromatic N) is 2. The molecule has 0 radical (unpaired) electrons. The molecule has 27 heavy (non-hydrogen) atoms. The number of primary amides is 1. The Balaban J connectivity index is 1.67. The van der Waals surface area contributed by atoms with Gasteiger partial charge in [0.05, 0.1) is 6.04 Å². The van der Waals surface area contributed by atoms with E-state index in [9.17, 15) is 10.1 Å². The van der Waals surface area contributed by atoms with E-state index < -0.39 is 0 Å². The molecule has 0 spiro atoms. The molecule has 2 unspecified atom stereocenters. The lowest BCUT2D eigenvalue weighted by Gasteiger charge is -2.58. The summed E-state index contributed by atoms with van der Waals surface area (Å²) in [7, 11) is 0. The fourth-order valence-electron chi connectivity index (χ4n) is 6.05. The maximum atomic E-state index is 12.2. The van der Waals surface area contributed by atoms with Crippen LogP contribution in [0.2, 0.25) is 0 Å². The Morgan fingerprint density at radius 3 is 2.41 bits per heavy atom. The first-order chi connectivity index (χ1) is 12.9. The second-order valence-electron chi connectivity index (χ2n) is 9.31. The lowest BCUT2D eigenvalue weighted by molar-refractivity contribution is -0.144. The van der Waals surface area contributed by atoms with Gasteiger partial charge < -0.3 is 5.73 Å². The van der Waals surface area contributed by atoms with Crippen molar-refractivity contribution in [3.63, 3.8) is 0 Å². The largest absolute Gasteiger partial charge is 0.369 e. The van der Waals surface area contributed by atoms with Gasteiger partial charge in [0.1, 0.15) is 5.84 Å². The average molecular weight is 364 g/mol. The molecular weight excluding hydrogens is 336 g/mol. The van der Waals surface area contributed by atoms with Crippen molar-refractivity contribution in [2.45, 2.75) is 57.4 Å². The number of nitrogens with two attached hydrogens (primary N) is 1. The van der Waals surface area contributed by atoms with E-state index in [4.69, 9.17) is 10.7 Å². The minimum atomic E-state index is -0.382. The number of nitriles is 1. The average Bonchev–Trinajstić information content (AvgIpc) is 2.63. The molecular formula is C22H28N4O. The molecule has 0 heterocycles. The molecule has 5 rings (SSSR count). The third-order valence-corrected chi connectivity index (χ3v) is 7.29. The van der Waals surface area contributed by atoms with Crippen LogP contribution >= 0.6 is 0 Å². The predicted molar refractivity (Wildman–Crippen MR) is 105 cm³/mol. The van der Waals surface area contributed by atoms with Crippen LogP contribution in [0, 0.1) is 34.6 Å². The van der Waals surface area contributed by atoms with E-state index in [0.717, 1.165) is 43.5 Å². The molecule has 4 aliphatic carbocycles. The van der Waals surface area contributed by atoms with E-state index in [-0.39, 0.29) is 22.8 Å². The van der Waals surface area contributed by atoms with E-state index in [0.29, 0.717) is 17.8 Å². The molecule has 4 saturated carbocycles. The Kier molecular flexibility index (Phi) is 4.25. The molecule has 4 fully saturated rings. The van der Waals surface area contributed by atoms with Crippen LogP contribution in [0.5, 0.6) is 0 Å². The Morgan fingerprint density at radius 2 is 1.85 bits per heavy atom. The molecule has 1 aromatic rings. The van der Waals surface area contributed by atoms with Crippen LogP contribution < -0.4 is 11.1 Å². The number of amides is 1. The van der Waals surface area contributed by atoms with E-state index in [1.807, 2.05) is 18.2 Å². The lowest BCUT2D eigenvalue weighted by atomic mass is 9.47. The van der Waals surface area contributed by atoms with Crippen molar-refractivity contribution in [1.82, 2.24) is 5.32 Å². The van der Waals surface area contributed by atoms with Gasteiger partial charge >= 0.3 is 0 Å². The van der Waals surface area contributed by atoms with E-state index in [2.05, 4.69) is 37.5 Å². The Hall–Kier alpha value is -2.35. The maximum Gasteiger partial charge on any atom is 0.223 e. The standard InChI is InChI=1S/C22H28N4O/c1-21(2,17-6-4-3-5-7-17)20(25-13-23)26-18-15-8-14-9-16(18)12-22(10-14,11-15)19(24)27/h3-7,14-16,18H,8-12H2,1-2H3,(H2,24,27)(H,25,26). The number of carbonyl (C=O) groups excluding carboxylic acids is 1. The number of aliphatic imine (C=N–C) groups is 1. The Labute approximate surface area is 161 Å². The Morgan fingerprint density at radius 1 is 1.22 bits per heavy atom. The zero-order valence-electron chi connectivity index (χ0n) is 16.1. The van der Waals surface area contributed by atoms with Crippen LogP contribution in [0.15, 0.2) is 35.3 Å². The van der Waals surface area contributed by atoms with Gasteiger partial charge in [-0.25, -0.2) is 0 Å².